The topological polar surface area (TPSA) is 156 Å². The number of anilines is 3. The molecule has 3 aromatic heterocycles. The van der Waals surface area contributed by atoms with Gasteiger partial charge in [-0.15, -0.1) is 0 Å². The van der Waals surface area contributed by atoms with Gasteiger partial charge in [0.25, 0.3) is 0 Å². The van der Waals surface area contributed by atoms with Crippen molar-refractivity contribution in [3.8, 4) is 17.5 Å². The minimum Gasteiger partial charge on any atom is -0.355 e. The van der Waals surface area contributed by atoms with Crippen LogP contribution in [0.15, 0.2) is 42.9 Å². The lowest BCUT2D eigenvalue weighted by molar-refractivity contribution is 0.328. The Hall–Kier alpha value is -4.08. The average molecular weight is 532 g/mol. The highest BCUT2D eigenvalue weighted by Gasteiger charge is 2.39. The van der Waals surface area contributed by atoms with Crippen molar-refractivity contribution >= 4 is 37.9 Å². The third-order valence-electron chi connectivity index (χ3n) is 6.72. The van der Waals surface area contributed by atoms with Crippen LogP contribution < -0.4 is 16.0 Å². The van der Waals surface area contributed by atoms with Crippen LogP contribution in [-0.2, 0) is 16.9 Å². The van der Waals surface area contributed by atoms with Crippen molar-refractivity contribution in [1.29, 1.82) is 5.26 Å². The number of aromatic nitrogens is 5. The van der Waals surface area contributed by atoms with E-state index >= 15 is 0 Å². The minimum absolute atomic E-state index is 0.0782. The molecule has 1 saturated heterocycles. The number of hydrogen-bond acceptors (Lipinski definition) is 10. The third kappa shape index (κ3) is 4.90. The Morgan fingerprint density at radius 3 is 2.68 bits per heavy atom. The van der Waals surface area contributed by atoms with Crippen LogP contribution in [0.2, 0.25) is 0 Å². The number of fused-ring (bicyclic) bond motifs is 1. The van der Waals surface area contributed by atoms with Gasteiger partial charge in [-0.2, -0.15) is 10.4 Å². The first-order chi connectivity index (χ1) is 18.0. The highest BCUT2D eigenvalue weighted by Crippen LogP contribution is 2.38. The highest BCUT2D eigenvalue weighted by atomic mass is 32.2. The predicted octanol–water partition coefficient (Wildman–Crippen LogP) is 2.93. The molecule has 0 aliphatic carbocycles. The summed E-state index contributed by atoms with van der Waals surface area (Å²) >= 11 is 0. The van der Waals surface area contributed by atoms with Crippen LogP contribution in [0.1, 0.15) is 31.0 Å². The van der Waals surface area contributed by atoms with Crippen molar-refractivity contribution < 1.29 is 8.42 Å². The van der Waals surface area contributed by atoms with E-state index in [0.717, 1.165) is 22.0 Å². The van der Waals surface area contributed by atoms with Gasteiger partial charge in [-0.25, -0.2) is 23.4 Å². The Kier molecular flexibility index (Phi) is 6.50. The Bertz CT molecular complexity index is 1670. The summed E-state index contributed by atoms with van der Waals surface area (Å²) in [5.41, 5.74) is 9.30. The molecule has 0 amide bonds. The Labute approximate surface area is 221 Å². The van der Waals surface area contributed by atoms with E-state index in [1.807, 2.05) is 23.2 Å². The molecule has 3 N–H and O–H groups in total. The quantitative estimate of drug-likeness (QED) is 0.363. The molecule has 12 heteroatoms. The van der Waals surface area contributed by atoms with Gasteiger partial charge in [-0.3, -0.25) is 4.68 Å². The van der Waals surface area contributed by atoms with Crippen LogP contribution in [-0.4, -0.2) is 57.9 Å². The maximum Gasteiger partial charge on any atom is 0.173 e. The van der Waals surface area contributed by atoms with Crippen molar-refractivity contribution in [1.82, 2.24) is 24.7 Å². The standard InChI is InChI=1S/C26H29N9O2S/c1-15(2)17-5-6-22(35-12-16(25(35)28)14-38(4,36)37)19-11-30-24(9-18(17)19)31-23-7-8-29-26(32-23)20-13-34(3)33-21(20)10-27/h5-9,11,13,15-16,25H,12,14,28H2,1-4H3,(H,29,30,31,32)/t16-,25+/m1/s1. The molecule has 1 aliphatic rings. The largest absolute Gasteiger partial charge is 0.355 e. The molecule has 4 heterocycles. The normalized spacial score (nSPS) is 17.4. The first kappa shape index (κ1) is 25.6. The van der Waals surface area contributed by atoms with Gasteiger partial charge in [-0.05, 0) is 35.1 Å². The smallest absolute Gasteiger partial charge is 0.173 e. The number of pyridine rings is 1. The molecule has 0 saturated carbocycles. The summed E-state index contributed by atoms with van der Waals surface area (Å²) in [6.45, 7) is 4.85. The molecule has 4 aromatic rings. The average Bonchev–Trinajstić information content (AvgIpc) is 3.26. The van der Waals surface area contributed by atoms with E-state index in [-0.39, 0.29) is 29.4 Å². The second kappa shape index (κ2) is 9.66. The molecule has 0 bridgehead atoms. The van der Waals surface area contributed by atoms with Gasteiger partial charge in [0.2, 0.25) is 0 Å². The zero-order valence-electron chi connectivity index (χ0n) is 21.6. The molecule has 1 aromatic carbocycles. The molecular formula is C26H29N9O2S. The zero-order chi connectivity index (χ0) is 27.2. The molecule has 196 valence electrons. The molecule has 0 unspecified atom stereocenters. The summed E-state index contributed by atoms with van der Waals surface area (Å²) in [5.74, 6) is 1.77. The van der Waals surface area contributed by atoms with Crippen LogP contribution in [0.3, 0.4) is 0 Å². The fourth-order valence-corrected chi connectivity index (χ4v) is 5.97. The van der Waals surface area contributed by atoms with Crippen LogP contribution in [0.5, 0.6) is 0 Å². The molecular weight excluding hydrogens is 502 g/mol. The Morgan fingerprint density at radius 1 is 1.21 bits per heavy atom. The molecule has 5 rings (SSSR count). The maximum atomic E-state index is 11.8. The van der Waals surface area contributed by atoms with Crippen LogP contribution >= 0.6 is 0 Å². The van der Waals surface area contributed by atoms with E-state index in [9.17, 15) is 13.7 Å². The number of benzene rings is 1. The lowest BCUT2D eigenvalue weighted by Gasteiger charge is -2.47. The summed E-state index contributed by atoms with van der Waals surface area (Å²) in [4.78, 5) is 15.6. The van der Waals surface area contributed by atoms with Crippen LogP contribution in [0.25, 0.3) is 22.2 Å². The Morgan fingerprint density at radius 2 is 2.00 bits per heavy atom. The van der Waals surface area contributed by atoms with E-state index in [2.05, 4.69) is 51.4 Å². The third-order valence-corrected chi connectivity index (χ3v) is 7.75. The van der Waals surface area contributed by atoms with Crippen molar-refractivity contribution in [3.05, 3.63) is 54.1 Å². The zero-order valence-corrected chi connectivity index (χ0v) is 22.4. The number of nitrogens with two attached hydrogens (primary N) is 1. The van der Waals surface area contributed by atoms with Gasteiger partial charge in [0, 0.05) is 55.4 Å². The molecule has 1 aliphatic heterocycles. The van der Waals surface area contributed by atoms with E-state index in [4.69, 9.17) is 5.73 Å². The summed E-state index contributed by atoms with van der Waals surface area (Å²) in [7, 11) is -1.36. The first-order valence-electron chi connectivity index (χ1n) is 12.2. The fourth-order valence-electron chi connectivity index (χ4n) is 4.89. The fraction of sp³-hybridized carbons (Fsp3) is 0.346. The van der Waals surface area contributed by atoms with Gasteiger partial charge in [-0.1, -0.05) is 19.9 Å². The van der Waals surface area contributed by atoms with Gasteiger partial charge in [0.1, 0.15) is 27.5 Å². The number of sulfone groups is 1. The number of aryl methyl sites for hydroxylation is 1. The van der Waals surface area contributed by atoms with Crippen LogP contribution in [0, 0.1) is 17.2 Å². The number of hydrogen-bond donors (Lipinski definition) is 2. The second-order valence-corrected chi connectivity index (χ2v) is 12.2. The van der Waals surface area contributed by atoms with E-state index in [0.29, 0.717) is 29.6 Å². The molecule has 2 atom stereocenters. The van der Waals surface area contributed by atoms with E-state index in [1.54, 1.807) is 30.2 Å². The molecule has 0 radical (unpaired) electrons. The predicted molar refractivity (Wildman–Crippen MR) is 147 cm³/mol. The monoisotopic (exact) mass is 531 g/mol. The summed E-state index contributed by atoms with van der Waals surface area (Å²) < 4.78 is 25.1. The summed E-state index contributed by atoms with van der Waals surface area (Å²) in [5, 5.41) is 18.8. The summed E-state index contributed by atoms with van der Waals surface area (Å²) in [6, 6.07) is 9.93. The number of nitrogens with one attached hydrogen (secondary N) is 1. The van der Waals surface area contributed by atoms with E-state index in [1.165, 1.54) is 6.26 Å². The lowest BCUT2D eigenvalue weighted by Crippen LogP contribution is -2.63. The van der Waals surface area contributed by atoms with Crippen molar-refractivity contribution in [3.63, 3.8) is 0 Å². The lowest BCUT2D eigenvalue weighted by atomic mass is 9.92. The number of nitrogens with zero attached hydrogens (tertiary/aromatic N) is 7. The number of rotatable bonds is 7. The van der Waals surface area contributed by atoms with Crippen molar-refractivity contribution in [2.24, 2.45) is 18.7 Å². The van der Waals surface area contributed by atoms with Crippen molar-refractivity contribution in [2.75, 3.05) is 28.8 Å². The first-order valence-corrected chi connectivity index (χ1v) is 14.3. The van der Waals surface area contributed by atoms with Crippen LogP contribution in [0.4, 0.5) is 17.3 Å². The SMILES string of the molecule is CC(C)c1ccc(N2C[C@H](CS(C)(=O)=O)[C@H]2N)c2cnc(Nc3ccnc(-c4cn(C)nc4C#N)n3)cc12. The molecule has 1 fully saturated rings. The second-order valence-electron chi connectivity index (χ2n) is 10.0. The van der Waals surface area contributed by atoms with Gasteiger partial charge < -0.3 is 16.0 Å². The van der Waals surface area contributed by atoms with Gasteiger partial charge in [0.05, 0.1) is 17.5 Å². The van der Waals surface area contributed by atoms with E-state index < -0.39 is 9.84 Å². The summed E-state index contributed by atoms with van der Waals surface area (Å²) in [6.07, 6.45) is 6.01. The molecule has 38 heavy (non-hydrogen) atoms. The van der Waals surface area contributed by atoms with Crippen molar-refractivity contribution in [2.45, 2.75) is 25.9 Å². The molecule has 11 nitrogen and oxygen atoms in total. The highest BCUT2D eigenvalue weighted by molar-refractivity contribution is 7.90. The maximum absolute atomic E-state index is 11.8. The van der Waals surface area contributed by atoms with Gasteiger partial charge in [0.15, 0.2) is 11.5 Å². The van der Waals surface area contributed by atoms with Gasteiger partial charge >= 0.3 is 0 Å². The minimum atomic E-state index is -3.10. The molecule has 0 spiro atoms. The Balaban J connectivity index is 1.47. The number of nitriles is 1.